The molecule has 4 rings (SSSR count). The van der Waals surface area contributed by atoms with Crippen LogP contribution in [0.2, 0.25) is 0 Å². The first kappa shape index (κ1) is 16.9. The predicted molar refractivity (Wildman–Crippen MR) is 105 cm³/mol. The van der Waals surface area contributed by atoms with E-state index in [2.05, 4.69) is 31.2 Å². The number of carbonyl (C=O) groups is 1. The third-order valence-corrected chi connectivity index (χ3v) is 5.98. The van der Waals surface area contributed by atoms with Crippen molar-refractivity contribution in [2.75, 3.05) is 5.75 Å². The summed E-state index contributed by atoms with van der Waals surface area (Å²) in [6, 6.07) is 20.3. The molecule has 0 bridgehead atoms. The molecule has 1 saturated heterocycles. The van der Waals surface area contributed by atoms with E-state index in [4.69, 9.17) is 5.10 Å². The van der Waals surface area contributed by atoms with Crippen LogP contribution in [-0.2, 0) is 11.3 Å². The number of hydrogen-bond acceptors (Lipinski definition) is 3. The highest BCUT2D eigenvalue weighted by atomic mass is 32.2. The molecule has 3 aromatic rings. The highest BCUT2D eigenvalue weighted by molar-refractivity contribution is 8.00. The van der Waals surface area contributed by atoms with Crippen molar-refractivity contribution in [2.24, 2.45) is 0 Å². The number of benzene rings is 2. The van der Waals surface area contributed by atoms with Gasteiger partial charge in [-0.1, -0.05) is 48.5 Å². The largest absolute Gasteiger partial charge is 0.321 e. The summed E-state index contributed by atoms with van der Waals surface area (Å²) < 4.78 is 1.98. The van der Waals surface area contributed by atoms with Crippen LogP contribution >= 0.6 is 11.8 Å². The van der Waals surface area contributed by atoms with Crippen LogP contribution < -0.4 is 0 Å². The second-order valence-corrected chi connectivity index (χ2v) is 7.57. The topological polar surface area (TPSA) is 38.1 Å². The van der Waals surface area contributed by atoms with Gasteiger partial charge in [0.1, 0.15) is 5.37 Å². The Labute approximate surface area is 157 Å². The van der Waals surface area contributed by atoms with Crippen molar-refractivity contribution >= 4 is 17.7 Å². The summed E-state index contributed by atoms with van der Waals surface area (Å²) in [7, 11) is 0. The lowest BCUT2D eigenvalue weighted by molar-refractivity contribution is -0.128. The van der Waals surface area contributed by atoms with E-state index >= 15 is 0 Å². The number of aryl methyl sites for hydroxylation is 1. The molecule has 26 heavy (non-hydrogen) atoms. The van der Waals surface area contributed by atoms with E-state index in [1.807, 2.05) is 52.9 Å². The van der Waals surface area contributed by atoms with Gasteiger partial charge in [0.2, 0.25) is 5.91 Å². The Hall–Kier alpha value is -2.53. The highest BCUT2D eigenvalue weighted by Crippen LogP contribution is 2.42. The molecule has 132 valence electrons. The van der Waals surface area contributed by atoms with E-state index in [9.17, 15) is 4.79 Å². The zero-order valence-electron chi connectivity index (χ0n) is 14.9. The molecular formula is C21H21N3OS. The molecular weight excluding hydrogens is 342 g/mol. The van der Waals surface area contributed by atoms with Gasteiger partial charge in [0.25, 0.3) is 0 Å². The van der Waals surface area contributed by atoms with Gasteiger partial charge in [-0.15, -0.1) is 11.8 Å². The molecule has 0 saturated carbocycles. The third kappa shape index (κ3) is 3.03. The molecule has 1 amide bonds. The second kappa shape index (κ2) is 7.00. The minimum atomic E-state index is 0.0140. The molecule has 0 radical (unpaired) electrons. The molecule has 5 heteroatoms. The summed E-state index contributed by atoms with van der Waals surface area (Å²) in [6.07, 6.45) is 0. The van der Waals surface area contributed by atoms with Crippen LogP contribution in [0.25, 0.3) is 5.69 Å². The predicted octanol–water partition coefficient (Wildman–Crippen LogP) is 4.26. The van der Waals surface area contributed by atoms with Gasteiger partial charge in [0, 0.05) is 17.8 Å². The lowest BCUT2D eigenvalue weighted by Gasteiger charge is -2.24. The summed E-state index contributed by atoms with van der Waals surface area (Å²) in [5.74, 6) is 0.711. The molecule has 1 aromatic heterocycles. The molecule has 1 atom stereocenters. The zero-order valence-corrected chi connectivity index (χ0v) is 15.7. The first-order valence-corrected chi connectivity index (χ1v) is 9.76. The molecule has 1 aliphatic heterocycles. The lowest BCUT2D eigenvalue weighted by atomic mass is 10.1. The zero-order chi connectivity index (χ0) is 18.1. The smallest absolute Gasteiger partial charge is 0.234 e. The molecule has 0 N–H and O–H groups in total. The van der Waals surface area contributed by atoms with Gasteiger partial charge >= 0.3 is 0 Å². The van der Waals surface area contributed by atoms with Gasteiger partial charge < -0.3 is 4.90 Å². The Morgan fingerprint density at radius 3 is 2.38 bits per heavy atom. The number of rotatable bonds is 4. The van der Waals surface area contributed by atoms with Gasteiger partial charge in [-0.05, 0) is 31.5 Å². The Morgan fingerprint density at radius 1 is 1.04 bits per heavy atom. The van der Waals surface area contributed by atoms with Crippen molar-refractivity contribution in [2.45, 2.75) is 25.8 Å². The lowest BCUT2D eigenvalue weighted by Crippen LogP contribution is -2.28. The molecule has 1 aliphatic rings. The average molecular weight is 363 g/mol. The number of carbonyl (C=O) groups excluding carboxylic acids is 1. The maximum absolute atomic E-state index is 12.5. The fourth-order valence-electron chi connectivity index (χ4n) is 3.48. The number of amides is 1. The minimum Gasteiger partial charge on any atom is -0.321 e. The van der Waals surface area contributed by atoms with E-state index in [-0.39, 0.29) is 11.3 Å². The summed E-state index contributed by atoms with van der Waals surface area (Å²) in [5, 5.41) is 4.77. The van der Waals surface area contributed by atoms with E-state index in [0.717, 1.165) is 28.2 Å². The highest BCUT2D eigenvalue weighted by Gasteiger charge is 2.36. The van der Waals surface area contributed by atoms with Crippen LogP contribution in [0.5, 0.6) is 0 Å². The average Bonchev–Trinajstić information content (AvgIpc) is 3.16. The number of para-hydroxylation sites is 1. The van der Waals surface area contributed by atoms with Gasteiger partial charge in [0.15, 0.2) is 0 Å². The van der Waals surface area contributed by atoms with Crippen LogP contribution in [0.1, 0.15) is 27.9 Å². The Bertz CT molecular complexity index is 921. The molecule has 2 aromatic carbocycles. The monoisotopic (exact) mass is 363 g/mol. The molecule has 4 nitrogen and oxygen atoms in total. The third-order valence-electron chi connectivity index (χ3n) is 4.76. The fraction of sp³-hybridized carbons (Fsp3) is 0.238. The van der Waals surface area contributed by atoms with Gasteiger partial charge in [-0.2, -0.15) is 5.10 Å². The van der Waals surface area contributed by atoms with Crippen LogP contribution in [0.4, 0.5) is 0 Å². The molecule has 1 fully saturated rings. The SMILES string of the molecule is Cc1nn(-c2ccccc2)c(C)c1C1SCC(=O)N1Cc1ccccc1. The first-order chi connectivity index (χ1) is 12.6. The van der Waals surface area contributed by atoms with Crippen LogP contribution in [0.3, 0.4) is 0 Å². The van der Waals surface area contributed by atoms with Crippen LogP contribution in [0.15, 0.2) is 60.7 Å². The van der Waals surface area contributed by atoms with E-state index in [1.165, 1.54) is 0 Å². The summed E-state index contributed by atoms with van der Waals surface area (Å²) in [5.41, 5.74) is 5.43. The van der Waals surface area contributed by atoms with Crippen LogP contribution in [-0.4, -0.2) is 26.3 Å². The van der Waals surface area contributed by atoms with Crippen molar-refractivity contribution in [1.82, 2.24) is 14.7 Å². The number of thioether (sulfide) groups is 1. The quantitative estimate of drug-likeness (QED) is 0.695. The van der Waals surface area contributed by atoms with Gasteiger partial charge in [0.05, 0.1) is 17.1 Å². The summed E-state index contributed by atoms with van der Waals surface area (Å²) >= 11 is 1.69. The second-order valence-electron chi connectivity index (χ2n) is 6.50. The summed E-state index contributed by atoms with van der Waals surface area (Å²) in [4.78, 5) is 14.5. The van der Waals surface area contributed by atoms with Crippen molar-refractivity contribution < 1.29 is 4.79 Å². The van der Waals surface area contributed by atoms with Gasteiger partial charge in [-0.25, -0.2) is 4.68 Å². The molecule has 0 spiro atoms. The van der Waals surface area contributed by atoms with Gasteiger partial charge in [-0.3, -0.25) is 4.79 Å². The van der Waals surface area contributed by atoms with E-state index in [1.54, 1.807) is 11.8 Å². The normalized spacial score (nSPS) is 17.1. The Balaban J connectivity index is 1.70. The van der Waals surface area contributed by atoms with Crippen LogP contribution in [0, 0.1) is 13.8 Å². The van der Waals surface area contributed by atoms with Crippen molar-refractivity contribution in [3.8, 4) is 5.69 Å². The molecule has 2 heterocycles. The fourth-order valence-corrected chi connectivity index (χ4v) is 4.82. The standard InChI is InChI=1S/C21H21N3OS/c1-15-20(16(2)24(22-15)18-11-7-4-8-12-18)21-23(19(25)14-26-21)13-17-9-5-3-6-10-17/h3-12,21H,13-14H2,1-2H3. The van der Waals surface area contributed by atoms with E-state index in [0.29, 0.717) is 12.3 Å². The Morgan fingerprint density at radius 2 is 1.69 bits per heavy atom. The number of hydrogen-bond donors (Lipinski definition) is 0. The number of nitrogens with zero attached hydrogens (tertiary/aromatic N) is 3. The molecule has 1 unspecified atom stereocenters. The van der Waals surface area contributed by atoms with Crippen molar-refractivity contribution in [3.63, 3.8) is 0 Å². The summed E-state index contributed by atoms with van der Waals surface area (Å²) in [6.45, 7) is 4.75. The van der Waals surface area contributed by atoms with E-state index < -0.39 is 0 Å². The van der Waals surface area contributed by atoms with Crippen molar-refractivity contribution in [1.29, 1.82) is 0 Å². The van der Waals surface area contributed by atoms with Crippen molar-refractivity contribution in [3.05, 3.63) is 83.2 Å². The first-order valence-electron chi connectivity index (χ1n) is 8.71. The minimum absolute atomic E-state index is 0.0140. The Kier molecular flexibility index (Phi) is 4.55. The number of aromatic nitrogens is 2. The molecule has 0 aliphatic carbocycles. The maximum atomic E-state index is 12.5. The maximum Gasteiger partial charge on any atom is 0.234 e.